The second kappa shape index (κ2) is 8.22. The fraction of sp³-hybridized carbons (Fsp3) is 0.409. The highest BCUT2D eigenvalue weighted by atomic mass is 16.5. The van der Waals surface area contributed by atoms with Gasteiger partial charge < -0.3 is 15.2 Å². The molecule has 158 valence electrons. The van der Waals surface area contributed by atoms with Gasteiger partial charge in [-0.25, -0.2) is 9.78 Å². The number of rotatable bonds is 5. The smallest absolute Gasteiger partial charge is 0.328 e. The first-order valence-corrected chi connectivity index (χ1v) is 10.1. The molecule has 4 rings (SSSR count). The maximum atomic E-state index is 12.6. The van der Waals surface area contributed by atoms with Crippen LogP contribution in [0.5, 0.6) is 11.6 Å². The van der Waals surface area contributed by atoms with Crippen molar-refractivity contribution in [1.82, 2.24) is 14.1 Å². The molecule has 0 spiro atoms. The van der Waals surface area contributed by atoms with Crippen LogP contribution in [0.2, 0.25) is 0 Å². The summed E-state index contributed by atoms with van der Waals surface area (Å²) in [5.41, 5.74) is 1.99. The molecule has 0 radical (unpaired) electrons. The van der Waals surface area contributed by atoms with E-state index in [1.807, 2.05) is 0 Å². The molecule has 0 aliphatic heterocycles. The van der Waals surface area contributed by atoms with Crippen LogP contribution in [-0.2, 0) is 18.4 Å². The van der Waals surface area contributed by atoms with E-state index in [1.165, 1.54) is 12.1 Å². The summed E-state index contributed by atoms with van der Waals surface area (Å²) in [6.45, 7) is 0.566. The Hall–Kier alpha value is -3.29. The molecule has 1 N–H and O–H groups in total. The molecular weight excluding hydrogens is 384 g/mol. The summed E-state index contributed by atoms with van der Waals surface area (Å²) in [5, 5.41) is 14.7. The number of aromatic nitrogens is 3. The first kappa shape index (κ1) is 20.0. The van der Waals surface area contributed by atoms with Crippen LogP contribution in [0.3, 0.4) is 0 Å². The van der Waals surface area contributed by atoms with Gasteiger partial charge in [-0.15, -0.1) is 5.75 Å². The summed E-state index contributed by atoms with van der Waals surface area (Å²) >= 11 is 0. The van der Waals surface area contributed by atoms with E-state index in [0.29, 0.717) is 29.5 Å². The predicted octanol–water partition coefficient (Wildman–Crippen LogP) is 2.26. The number of carbonyl (C=O) groups excluding carboxylic acids is 1. The average molecular weight is 409 g/mol. The molecule has 0 unspecified atom stereocenters. The van der Waals surface area contributed by atoms with Gasteiger partial charge in [0.15, 0.2) is 0 Å². The summed E-state index contributed by atoms with van der Waals surface area (Å²) in [5.74, 6) is 0.645. The number of nitrogens with zero attached hydrogens (tertiary/aromatic N) is 3. The summed E-state index contributed by atoms with van der Waals surface area (Å²) in [7, 11) is 3.27. The van der Waals surface area contributed by atoms with Crippen molar-refractivity contribution in [2.75, 3.05) is 12.4 Å². The van der Waals surface area contributed by atoms with E-state index in [0.717, 1.165) is 31.2 Å². The van der Waals surface area contributed by atoms with E-state index < -0.39 is 0 Å². The second-order valence-electron chi connectivity index (χ2n) is 7.90. The van der Waals surface area contributed by atoms with Crippen LogP contribution in [-0.4, -0.2) is 27.1 Å². The summed E-state index contributed by atoms with van der Waals surface area (Å²) in [6, 6.07) is 8.19. The number of hydrogen-bond donors (Lipinski definition) is 1. The zero-order valence-corrected chi connectivity index (χ0v) is 17.1. The van der Waals surface area contributed by atoms with Crippen LogP contribution in [0.25, 0.3) is 11.0 Å². The predicted molar refractivity (Wildman–Crippen MR) is 111 cm³/mol. The lowest BCUT2D eigenvalue weighted by Gasteiger charge is -2.28. The number of nitrogens with one attached hydrogen (secondary N) is 1. The Balaban J connectivity index is 1.38. The van der Waals surface area contributed by atoms with Gasteiger partial charge in [0.1, 0.15) is 0 Å². The molecular formula is C22H25N4O4-. The lowest BCUT2D eigenvalue weighted by atomic mass is 9.81. The molecule has 1 fully saturated rings. The molecule has 8 heteroatoms. The summed E-state index contributed by atoms with van der Waals surface area (Å²) in [4.78, 5) is 29.3. The standard InChI is InChI=1S/C22H26N4O4/c1-25-18-9-8-17(27)11-19(18)26(22(25)29)13-14-3-5-15(6-4-14)21(28)24-16-7-10-20(30-2)23-12-16/h7-12,14-15,27H,3-6,13H2,1-2H3,(H,24,28)/p-1. The Morgan fingerprint density at radius 1 is 1.20 bits per heavy atom. The van der Waals surface area contributed by atoms with Gasteiger partial charge in [-0.1, -0.05) is 6.07 Å². The number of aryl methyl sites for hydroxylation is 1. The Labute approximate surface area is 174 Å². The molecule has 2 heterocycles. The third kappa shape index (κ3) is 3.90. The maximum absolute atomic E-state index is 12.6. The number of benzene rings is 1. The van der Waals surface area contributed by atoms with Crippen LogP contribution >= 0.6 is 0 Å². The molecule has 0 bridgehead atoms. The normalized spacial score (nSPS) is 19.0. The molecule has 3 aromatic rings. The highest BCUT2D eigenvalue weighted by Gasteiger charge is 2.27. The molecule has 1 aliphatic rings. The SMILES string of the molecule is COc1ccc(NC(=O)C2CCC(Cn3c(=O)n(C)c4ccc([O-])cc43)CC2)cn1. The van der Waals surface area contributed by atoms with Gasteiger partial charge in [-0.05, 0) is 49.8 Å². The van der Waals surface area contributed by atoms with E-state index in [1.54, 1.807) is 47.7 Å². The number of carbonyl (C=O) groups is 1. The third-order valence-corrected chi connectivity index (χ3v) is 5.99. The van der Waals surface area contributed by atoms with Crippen LogP contribution < -0.4 is 20.8 Å². The van der Waals surface area contributed by atoms with Crippen molar-refractivity contribution in [2.45, 2.75) is 32.2 Å². The monoisotopic (exact) mass is 409 g/mol. The van der Waals surface area contributed by atoms with E-state index in [9.17, 15) is 14.7 Å². The third-order valence-electron chi connectivity index (χ3n) is 5.99. The molecule has 0 saturated heterocycles. The van der Waals surface area contributed by atoms with E-state index in [-0.39, 0.29) is 23.3 Å². The number of pyridine rings is 1. The zero-order valence-electron chi connectivity index (χ0n) is 17.1. The lowest BCUT2D eigenvalue weighted by Crippen LogP contribution is -2.30. The number of amides is 1. The van der Waals surface area contributed by atoms with Gasteiger partial charge in [0, 0.05) is 25.6 Å². The minimum atomic E-state index is -0.109. The number of fused-ring (bicyclic) bond motifs is 1. The van der Waals surface area contributed by atoms with Crippen molar-refractivity contribution in [2.24, 2.45) is 18.9 Å². The van der Waals surface area contributed by atoms with Gasteiger partial charge in [-0.2, -0.15) is 0 Å². The van der Waals surface area contributed by atoms with Crippen molar-refractivity contribution in [3.05, 3.63) is 47.0 Å². The molecule has 1 aromatic carbocycles. The Bertz CT molecular complexity index is 1110. The van der Waals surface area contributed by atoms with Gasteiger partial charge in [-0.3, -0.25) is 13.9 Å². The molecule has 1 saturated carbocycles. The number of anilines is 1. The zero-order chi connectivity index (χ0) is 21.3. The number of hydrogen-bond acceptors (Lipinski definition) is 5. The number of imidazole rings is 1. The van der Waals surface area contributed by atoms with Gasteiger partial charge in [0.05, 0.1) is 30.0 Å². The fourth-order valence-corrected chi connectivity index (χ4v) is 4.25. The van der Waals surface area contributed by atoms with Crippen molar-refractivity contribution in [3.8, 4) is 11.6 Å². The molecule has 1 aliphatic carbocycles. The van der Waals surface area contributed by atoms with Crippen molar-refractivity contribution in [3.63, 3.8) is 0 Å². The summed E-state index contributed by atoms with van der Waals surface area (Å²) < 4.78 is 8.31. The molecule has 1 amide bonds. The van der Waals surface area contributed by atoms with Crippen LogP contribution in [0.15, 0.2) is 41.3 Å². The first-order valence-electron chi connectivity index (χ1n) is 10.1. The van der Waals surface area contributed by atoms with Crippen LogP contribution in [0.1, 0.15) is 25.7 Å². The van der Waals surface area contributed by atoms with Gasteiger partial charge in [0.2, 0.25) is 11.8 Å². The quantitative estimate of drug-likeness (QED) is 0.697. The molecule has 0 atom stereocenters. The minimum Gasteiger partial charge on any atom is -0.872 e. The van der Waals surface area contributed by atoms with Gasteiger partial charge >= 0.3 is 5.69 Å². The Kier molecular flexibility index (Phi) is 5.48. The number of methoxy groups -OCH3 is 1. The van der Waals surface area contributed by atoms with Crippen molar-refractivity contribution >= 4 is 22.6 Å². The van der Waals surface area contributed by atoms with E-state index in [2.05, 4.69) is 10.3 Å². The maximum Gasteiger partial charge on any atom is 0.328 e. The van der Waals surface area contributed by atoms with Crippen LogP contribution in [0, 0.1) is 11.8 Å². The minimum absolute atomic E-state index is 0.00117. The van der Waals surface area contributed by atoms with Crippen molar-refractivity contribution < 1.29 is 14.6 Å². The highest BCUT2D eigenvalue weighted by Crippen LogP contribution is 2.31. The van der Waals surface area contributed by atoms with E-state index in [4.69, 9.17) is 4.74 Å². The molecule has 30 heavy (non-hydrogen) atoms. The molecule has 8 nitrogen and oxygen atoms in total. The Morgan fingerprint density at radius 3 is 2.63 bits per heavy atom. The second-order valence-corrected chi connectivity index (χ2v) is 7.90. The number of ether oxygens (including phenoxy) is 1. The lowest BCUT2D eigenvalue weighted by molar-refractivity contribution is -0.268. The van der Waals surface area contributed by atoms with E-state index >= 15 is 0 Å². The summed E-state index contributed by atoms with van der Waals surface area (Å²) in [6.07, 6.45) is 4.84. The molecule has 2 aromatic heterocycles. The average Bonchev–Trinajstić information content (AvgIpc) is 2.99. The Morgan fingerprint density at radius 2 is 1.97 bits per heavy atom. The van der Waals surface area contributed by atoms with Crippen molar-refractivity contribution in [1.29, 1.82) is 0 Å². The topological polar surface area (TPSA) is 101 Å². The largest absolute Gasteiger partial charge is 0.872 e. The van der Waals surface area contributed by atoms with Gasteiger partial charge in [0.25, 0.3) is 0 Å². The first-order chi connectivity index (χ1) is 14.5. The highest BCUT2D eigenvalue weighted by molar-refractivity contribution is 5.92. The fourth-order valence-electron chi connectivity index (χ4n) is 4.25. The van der Waals surface area contributed by atoms with Crippen LogP contribution in [0.4, 0.5) is 5.69 Å².